The highest BCUT2D eigenvalue weighted by Gasteiger charge is 2.05. The van der Waals surface area contributed by atoms with Crippen LogP contribution in [0.5, 0.6) is 0 Å². The second kappa shape index (κ2) is 3.19. The van der Waals surface area contributed by atoms with E-state index in [1.54, 1.807) is 0 Å². The number of fused-ring (bicyclic) bond motifs is 1. The van der Waals surface area contributed by atoms with Crippen molar-refractivity contribution >= 4 is 32.2 Å². The van der Waals surface area contributed by atoms with Gasteiger partial charge in [0.1, 0.15) is 0 Å². The molecule has 2 aromatic heterocycles. The van der Waals surface area contributed by atoms with E-state index in [-0.39, 0.29) is 5.56 Å². The fraction of sp³-hybridized carbons (Fsp3) is 0.286. The summed E-state index contributed by atoms with van der Waals surface area (Å²) in [4.78, 5) is 16.3. The summed E-state index contributed by atoms with van der Waals surface area (Å²) in [6.45, 7) is 1.97. The highest BCUT2D eigenvalue weighted by molar-refractivity contribution is 9.11. The maximum Gasteiger partial charge on any atom is 0.275 e. The van der Waals surface area contributed by atoms with Gasteiger partial charge in [0.15, 0.2) is 3.92 Å². The molecule has 0 radical (unpaired) electrons. The first-order valence-corrected chi connectivity index (χ1v) is 5.37. The standard InChI is InChI=1S/C7H6BrN3OS/c1-2-4-3-5(12)11-7(9-4)13-6(8)10-11/h3H,2H2,1H3. The van der Waals surface area contributed by atoms with Crippen molar-refractivity contribution in [2.24, 2.45) is 0 Å². The third kappa shape index (κ3) is 1.51. The van der Waals surface area contributed by atoms with Crippen molar-refractivity contribution in [1.29, 1.82) is 0 Å². The lowest BCUT2D eigenvalue weighted by Crippen LogP contribution is -2.14. The van der Waals surface area contributed by atoms with Crippen LogP contribution in [-0.4, -0.2) is 14.6 Å². The quantitative estimate of drug-likeness (QED) is 0.780. The van der Waals surface area contributed by atoms with Crippen molar-refractivity contribution in [3.05, 3.63) is 26.0 Å². The van der Waals surface area contributed by atoms with Gasteiger partial charge in [0.2, 0.25) is 4.96 Å². The Morgan fingerprint density at radius 2 is 2.46 bits per heavy atom. The number of hydrogen-bond donors (Lipinski definition) is 0. The zero-order valence-corrected chi connectivity index (χ0v) is 9.22. The Kier molecular flexibility index (Phi) is 2.17. The molecule has 0 bridgehead atoms. The topological polar surface area (TPSA) is 47.3 Å². The zero-order valence-electron chi connectivity index (χ0n) is 6.82. The highest BCUT2D eigenvalue weighted by atomic mass is 79.9. The smallest absolute Gasteiger partial charge is 0.267 e. The highest BCUT2D eigenvalue weighted by Crippen LogP contribution is 2.16. The van der Waals surface area contributed by atoms with Crippen LogP contribution in [0.15, 0.2) is 14.8 Å². The van der Waals surface area contributed by atoms with Gasteiger partial charge in [0.25, 0.3) is 5.56 Å². The normalized spacial score (nSPS) is 10.9. The summed E-state index contributed by atoms with van der Waals surface area (Å²) in [5.74, 6) is 0. The van der Waals surface area contributed by atoms with Gasteiger partial charge < -0.3 is 0 Å². The van der Waals surface area contributed by atoms with Gasteiger partial charge in [-0.15, -0.1) is 5.10 Å². The van der Waals surface area contributed by atoms with E-state index in [1.807, 2.05) is 6.92 Å². The molecule has 68 valence electrons. The zero-order chi connectivity index (χ0) is 9.42. The first-order valence-electron chi connectivity index (χ1n) is 3.76. The Morgan fingerprint density at radius 3 is 3.15 bits per heavy atom. The SMILES string of the molecule is CCc1cc(=O)n2nc(Br)sc2n1. The number of halogens is 1. The second-order valence-electron chi connectivity index (χ2n) is 2.49. The molecule has 0 fully saturated rings. The molecule has 0 aliphatic carbocycles. The number of rotatable bonds is 1. The predicted octanol–water partition coefficient (Wildman–Crippen LogP) is 1.48. The maximum atomic E-state index is 11.4. The van der Waals surface area contributed by atoms with E-state index in [4.69, 9.17) is 0 Å². The number of nitrogens with zero attached hydrogens (tertiary/aromatic N) is 3. The molecule has 13 heavy (non-hydrogen) atoms. The fourth-order valence-corrected chi connectivity index (χ4v) is 2.26. The summed E-state index contributed by atoms with van der Waals surface area (Å²) in [7, 11) is 0. The number of hydrogen-bond acceptors (Lipinski definition) is 4. The van der Waals surface area contributed by atoms with Crippen molar-refractivity contribution in [3.63, 3.8) is 0 Å². The summed E-state index contributed by atoms with van der Waals surface area (Å²) in [5.41, 5.74) is 0.685. The minimum Gasteiger partial charge on any atom is -0.267 e. The van der Waals surface area contributed by atoms with Gasteiger partial charge in [-0.3, -0.25) is 4.79 Å². The molecule has 2 aromatic rings. The van der Waals surface area contributed by atoms with E-state index in [1.165, 1.54) is 21.9 Å². The van der Waals surface area contributed by atoms with E-state index in [0.717, 1.165) is 12.1 Å². The first kappa shape index (κ1) is 8.83. The maximum absolute atomic E-state index is 11.4. The van der Waals surface area contributed by atoms with Gasteiger partial charge in [0.05, 0.1) is 0 Å². The summed E-state index contributed by atoms with van der Waals surface area (Å²) >= 11 is 4.57. The van der Waals surface area contributed by atoms with Crippen molar-refractivity contribution < 1.29 is 0 Å². The van der Waals surface area contributed by atoms with Crippen molar-refractivity contribution in [2.45, 2.75) is 13.3 Å². The third-order valence-electron chi connectivity index (χ3n) is 1.64. The van der Waals surface area contributed by atoms with Gasteiger partial charge in [0, 0.05) is 11.8 Å². The van der Waals surface area contributed by atoms with Gasteiger partial charge in [-0.05, 0) is 22.4 Å². The Bertz CT molecular complexity index is 504. The fourth-order valence-electron chi connectivity index (χ4n) is 1.01. The molecule has 0 amide bonds. The van der Waals surface area contributed by atoms with Crippen molar-refractivity contribution in [2.75, 3.05) is 0 Å². The Morgan fingerprint density at radius 1 is 1.69 bits per heavy atom. The molecule has 0 atom stereocenters. The lowest BCUT2D eigenvalue weighted by molar-refractivity contribution is 0.868. The lowest BCUT2D eigenvalue weighted by Gasteiger charge is -1.93. The molecule has 6 heteroatoms. The van der Waals surface area contributed by atoms with E-state index >= 15 is 0 Å². The Hall–Kier alpha value is -0.750. The summed E-state index contributed by atoms with van der Waals surface area (Å²) in [6.07, 6.45) is 0.765. The molecule has 0 aliphatic heterocycles. The number of aromatic nitrogens is 3. The first-order chi connectivity index (χ1) is 6.20. The molecule has 0 aliphatic rings. The third-order valence-corrected chi connectivity index (χ3v) is 2.98. The summed E-state index contributed by atoms with van der Waals surface area (Å²) in [6, 6.07) is 1.51. The van der Waals surface area contributed by atoms with Crippen LogP contribution in [0.4, 0.5) is 0 Å². The molecule has 0 unspecified atom stereocenters. The van der Waals surface area contributed by atoms with E-state index < -0.39 is 0 Å². The average Bonchev–Trinajstić information content (AvgIpc) is 2.46. The van der Waals surface area contributed by atoms with Gasteiger partial charge in [-0.1, -0.05) is 18.3 Å². The average molecular weight is 260 g/mol. The van der Waals surface area contributed by atoms with Crippen LogP contribution in [0.3, 0.4) is 0 Å². The van der Waals surface area contributed by atoms with Gasteiger partial charge in [-0.25, -0.2) is 4.98 Å². The molecule has 0 aromatic carbocycles. The van der Waals surface area contributed by atoms with E-state index in [9.17, 15) is 4.79 Å². The van der Waals surface area contributed by atoms with E-state index in [0.29, 0.717) is 8.88 Å². The van der Waals surface area contributed by atoms with Crippen molar-refractivity contribution in [1.82, 2.24) is 14.6 Å². The Balaban J connectivity index is 2.83. The molecule has 2 rings (SSSR count). The second-order valence-corrected chi connectivity index (χ2v) is 4.72. The Labute approximate surface area is 86.4 Å². The molecule has 4 nitrogen and oxygen atoms in total. The van der Waals surface area contributed by atoms with Crippen LogP contribution in [0.2, 0.25) is 0 Å². The molecule has 0 saturated carbocycles. The molecule has 0 saturated heterocycles. The van der Waals surface area contributed by atoms with Crippen LogP contribution < -0.4 is 5.56 Å². The van der Waals surface area contributed by atoms with Crippen LogP contribution in [0.25, 0.3) is 4.96 Å². The number of aryl methyl sites for hydroxylation is 1. The molecular weight excluding hydrogens is 254 g/mol. The van der Waals surface area contributed by atoms with Crippen molar-refractivity contribution in [3.8, 4) is 0 Å². The molecule has 0 N–H and O–H groups in total. The lowest BCUT2D eigenvalue weighted by atomic mass is 10.3. The van der Waals surface area contributed by atoms with Crippen LogP contribution in [-0.2, 0) is 6.42 Å². The molecule has 2 heterocycles. The van der Waals surface area contributed by atoms with Gasteiger partial charge in [-0.2, -0.15) is 4.52 Å². The largest absolute Gasteiger partial charge is 0.275 e. The van der Waals surface area contributed by atoms with Gasteiger partial charge >= 0.3 is 0 Å². The summed E-state index contributed by atoms with van der Waals surface area (Å²) < 4.78 is 1.97. The van der Waals surface area contributed by atoms with E-state index in [2.05, 4.69) is 26.0 Å². The summed E-state index contributed by atoms with van der Waals surface area (Å²) in [5, 5.41) is 3.96. The van der Waals surface area contributed by atoms with Crippen LogP contribution in [0.1, 0.15) is 12.6 Å². The molecule has 0 spiro atoms. The van der Waals surface area contributed by atoms with Crippen LogP contribution in [0, 0.1) is 0 Å². The minimum absolute atomic E-state index is 0.121. The van der Waals surface area contributed by atoms with Crippen LogP contribution >= 0.6 is 27.3 Å². The minimum atomic E-state index is -0.121. The molecular formula is C7H6BrN3OS. The monoisotopic (exact) mass is 259 g/mol. The predicted molar refractivity (Wildman–Crippen MR) is 54.2 cm³/mol.